The molecule has 142 valence electrons. The first-order valence-corrected chi connectivity index (χ1v) is 9.07. The van der Waals surface area contributed by atoms with E-state index in [0.717, 1.165) is 11.3 Å². The van der Waals surface area contributed by atoms with Gasteiger partial charge in [-0.3, -0.25) is 0 Å². The van der Waals surface area contributed by atoms with Crippen LogP contribution in [0.1, 0.15) is 18.4 Å². The Bertz CT molecular complexity index is 851. The molecule has 0 bridgehead atoms. The minimum atomic E-state index is -0.494. The number of ether oxygens (including phenoxy) is 2. The molecule has 1 atom stereocenters. The van der Waals surface area contributed by atoms with Crippen molar-refractivity contribution in [2.24, 2.45) is 0 Å². The maximum atomic E-state index is 12.0. The normalized spacial score (nSPS) is 16.3. The van der Waals surface area contributed by atoms with Crippen LogP contribution >= 0.6 is 11.6 Å². The molecule has 5 nitrogen and oxygen atoms in total. The van der Waals surface area contributed by atoms with E-state index in [9.17, 15) is 9.90 Å². The summed E-state index contributed by atoms with van der Waals surface area (Å²) in [6.07, 6.45) is 1.05. The molecule has 1 unspecified atom stereocenters. The van der Waals surface area contributed by atoms with Gasteiger partial charge in [-0.25, -0.2) is 4.79 Å². The fraction of sp³-hybridized carbons (Fsp3) is 0.286. The van der Waals surface area contributed by atoms with Gasteiger partial charge < -0.3 is 19.5 Å². The van der Waals surface area contributed by atoms with Crippen LogP contribution in [0.2, 0.25) is 5.02 Å². The van der Waals surface area contributed by atoms with Gasteiger partial charge >= 0.3 is 5.97 Å². The van der Waals surface area contributed by atoms with E-state index in [4.69, 9.17) is 21.1 Å². The topological polar surface area (TPSA) is 59.0 Å². The third-order valence-electron chi connectivity index (χ3n) is 4.76. The minimum Gasteiger partial charge on any atom is -0.510 e. The standard InChI is InChI=1S/C21H22ClNO4/c1-26-15-8-10-17(22)19(12-15)23(13-14-6-4-3-5-7-14)18-11-9-16(20(18)24)21(25)27-2/h3-8,10,12,18,24H,9,11,13H2,1-2H3. The third-order valence-corrected chi connectivity index (χ3v) is 5.08. The second kappa shape index (κ2) is 8.35. The van der Waals surface area contributed by atoms with Crippen molar-refractivity contribution in [3.05, 3.63) is 70.4 Å². The summed E-state index contributed by atoms with van der Waals surface area (Å²) < 4.78 is 10.1. The second-order valence-electron chi connectivity index (χ2n) is 6.34. The Labute approximate surface area is 163 Å². The number of hydrogen-bond donors (Lipinski definition) is 1. The Balaban J connectivity index is 2.04. The Morgan fingerprint density at radius 3 is 2.63 bits per heavy atom. The molecule has 0 fully saturated rings. The Kier molecular flexibility index (Phi) is 5.91. The van der Waals surface area contributed by atoms with E-state index in [1.54, 1.807) is 19.2 Å². The zero-order valence-corrected chi connectivity index (χ0v) is 16.1. The first-order chi connectivity index (χ1) is 13.0. The summed E-state index contributed by atoms with van der Waals surface area (Å²) in [5, 5.41) is 11.3. The Morgan fingerprint density at radius 1 is 1.22 bits per heavy atom. The molecule has 27 heavy (non-hydrogen) atoms. The van der Waals surface area contributed by atoms with Crippen molar-refractivity contribution in [1.29, 1.82) is 0 Å². The Hall–Kier alpha value is -2.66. The summed E-state index contributed by atoms with van der Waals surface area (Å²) in [5.74, 6) is 0.213. The van der Waals surface area contributed by atoms with E-state index >= 15 is 0 Å². The molecule has 1 aliphatic rings. The van der Waals surface area contributed by atoms with E-state index in [1.807, 2.05) is 41.3 Å². The van der Waals surface area contributed by atoms with Crippen LogP contribution in [0.4, 0.5) is 5.69 Å². The lowest BCUT2D eigenvalue weighted by molar-refractivity contribution is -0.136. The predicted molar refractivity (Wildman–Crippen MR) is 105 cm³/mol. The van der Waals surface area contributed by atoms with E-state index in [1.165, 1.54) is 7.11 Å². The summed E-state index contributed by atoms with van der Waals surface area (Å²) in [4.78, 5) is 14.0. The first kappa shape index (κ1) is 19.1. The van der Waals surface area contributed by atoms with Gasteiger partial charge in [0.15, 0.2) is 0 Å². The van der Waals surface area contributed by atoms with Gasteiger partial charge in [0.1, 0.15) is 11.5 Å². The monoisotopic (exact) mass is 387 g/mol. The van der Waals surface area contributed by atoms with Crippen molar-refractivity contribution in [1.82, 2.24) is 0 Å². The molecule has 0 amide bonds. The molecular weight excluding hydrogens is 366 g/mol. The molecule has 0 aliphatic heterocycles. The number of rotatable bonds is 6. The lowest BCUT2D eigenvalue weighted by Gasteiger charge is -2.32. The molecule has 1 aliphatic carbocycles. The van der Waals surface area contributed by atoms with Gasteiger partial charge in [0, 0.05) is 12.6 Å². The molecule has 0 saturated carbocycles. The summed E-state index contributed by atoms with van der Waals surface area (Å²) in [6, 6.07) is 14.9. The molecule has 2 aromatic carbocycles. The number of nitrogens with zero attached hydrogens (tertiary/aromatic N) is 1. The summed E-state index contributed by atoms with van der Waals surface area (Å²) in [7, 11) is 2.91. The molecule has 3 rings (SSSR count). The van der Waals surface area contributed by atoms with Crippen molar-refractivity contribution in [3.63, 3.8) is 0 Å². The lowest BCUT2D eigenvalue weighted by Crippen LogP contribution is -2.35. The van der Waals surface area contributed by atoms with E-state index in [-0.39, 0.29) is 11.8 Å². The SMILES string of the molecule is COC(=O)C1=C(O)C(N(Cc2ccccc2)c2cc(OC)ccc2Cl)CC1. The highest BCUT2D eigenvalue weighted by Gasteiger charge is 2.35. The number of hydrogen-bond acceptors (Lipinski definition) is 5. The lowest BCUT2D eigenvalue weighted by atomic mass is 10.1. The van der Waals surface area contributed by atoms with Crippen LogP contribution in [0, 0.1) is 0 Å². The fourth-order valence-electron chi connectivity index (χ4n) is 3.36. The molecule has 6 heteroatoms. The third kappa shape index (κ3) is 4.03. The van der Waals surface area contributed by atoms with Gasteiger partial charge in [0.05, 0.1) is 36.5 Å². The number of halogens is 1. The number of esters is 1. The zero-order valence-electron chi connectivity index (χ0n) is 15.3. The van der Waals surface area contributed by atoms with E-state index in [2.05, 4.69) is 0 Å². The number of methoxy groups -OCH3 is 2. The van der Waals surface area contributed by atoms with Gasteiger partial charge in [0.2, 0.25) is 0 Å². The van der Waals surface area contributed by atoms with Gasteiger partial charge in [-0.15, -0.1) is 0 Å². The number of anilines is 1. The van der Waals surface area contributed by atoms with Crippen LogP contribution in [-0.2, 0) is 16.1 Å². The van der Waals surface area contributed by atoms with Crippen molar-refractivity contribution in [2.75, 3.05) is 19.1 Å². The summed E-state index contributed by atoms with van der Waals surface area (Å²) >= 11 is 6.48. The van der Waals surface area contributed by atoms with Crippen LogP contribution in [0.25, 0.3) is 0 Å². The largest absolute Gasteiger partial charge is 0.510 e. The van der Waals surface area contributed by atoms with Crippen molar-refractivity contribution in [2.45, 2.75) is 25.4 Å². The zero-order chi connectivity index (χ0) is 19.4. The van der Waals surface area contributed by atoms with Crippen molar-refractivity contribution in [3.8, 4) is 5.75 Å². The summed E-state index contributed by atoms with van der Waals surface area (Å²) in [6.45, 7) is 0.525. The number of benzene rings is 2. The molecule has 0 spiro atoms. The second-order valence-corrected chi connectivity index (χ2v) is 6.75. The van der Waals surface area contributed by atoms with E-state index in [0.29, 0.717) is 35.7 Å². The average Bonchev–Trinajstić information content (AvgIpc) is 3.08. The molecule has 0 saturated heterocycles. The van der Waals surface area contributed by atoms with Gasteiger partial charge in [-0.1, -0.05) is 41.9 Å². The highest BCUT2D eigenvalue weighted by molar-refractivity contribution is 6.33. The number of carbonyl (C=O) groups is 1. The quantitative estimate of drug-likeness (QED) is 0.739. The predicted octanol–water partition coefficient (Wildman–Crippen LogP) is 4.50. The molecule has 1 N–H and O–H groups in total. The summed E-state index contributed by atoms with van der Waals surface area (Å²) in [5.41, 5.74) is 2.12. The molecule has 0 heterocycles. The molecular formula is C21H22ClNO4. The minimum absolute atomic E-state index is 0.0386. The van der Waals surface area contributed by atoms with Crippen molar-refractivity contribution < 1.29 is 19.4 Å². The average molecular weight is 388 g/mol. The smallest absolute Gasteiger partial charge is 0.337 e. The van der Waals surface area contributed by atoms with Crippen molar-refractivity contribution >= 4 is 23.3 Å². The number of aliphatic hydroxyl groups excluding tert-OH is 1. The van der Waals surface area contributed by atoms with Gasteiger partial charge in [0.25, 0.3) is 0 Å². The van der Waals surface area contributed by atoms with E-state index < -0.39 is 5.97 Å². The highest BCUT2D eigenvalue weighted by Crippen LogP contribution is 2.38. The fourth-order valence-corrected chi connectivity index (χ4v) is 3.59. The maximum absolute atomic E-state index is 12.0. The molecule has 2 aromatic rings. The first-order valence-electron chi connectivity index (χ1n) is 8.69. The van der Waals surface area contributed by atoms with Crippen LogP contribution in [0.15, 0.2) is 59.9 Å². The molecule has 0 radical (unpaired) electrons. The van der Waals surface area contributed by atoms with Crippen LogP contribution in [-0.4, -0.2) is 31.3 Å². The van der Waals surface area contributed by atoms with Gasteiger partial charge in [-0.05, 0) is 30.5 Å². The Morgan fingerprint density at radius 2 is 1.96 bits per heavy atom. The van der Waals surface area contributed by atoms with Crippen LogP contribution < -0.4 is 9.64 Å². The van der Waals surface area contributed by atoms with Crippen LogP contribution in [0.3, 0.4) is 0 Å². The van der Waals surface area contributed by atoms with Gasteiger partial charge in [-0.2, -0.15) is 0 Å². The highest BCUT2D eigenvalue weighted by atomic mass is 35.5. The molecule has 0 aromatic heterocycles. The van der Waals surface area contributed by atoms with Crippen LogP contribution in [0.5, 0.6) is 5.75 Å². The number of carbonyl (C=O) groups excluding carboxylic acids is 1. The maximum Gasteiger partial charge on any atom is 0.337 e. The number of aliphatic hydroxyl groups is 1.